The molecule has 0 saturated heterocycles. The van der Waals surface area contributed by atoms with Crippen LogP contribution in [0.1, 0.15) is 45.1 Å². The molecule has 0 aromatic carbocycles. The van der Waals surface area contributed by atoms with Gasteiger partial charge in [-0.2, -0.15) is 0 Å². The molecule has 1 atom stereocenters. The lowest BCUT2D eigenvalue weighted by molar-refractivity contribution is -0.105. The molecular formula is C24H32N4O4. The van der Waals surface area contributed by atoms with E-state index in [1.165, 1.54) is 0 Å². The van der Waals surface area contributed by atoms with E-state index in [1.54, 1.807) is 6.20 Å². The second kappa shape index (κ2) is 12.4. The highest BCUT2D eigenvalue weighted by atomic mass is 16.5. The van der Waals surface area contributed by atoms with Gasteiger partial charge in [0.05, 0.1) is 19.8 Å². The van der Waals surface area contributed by atoms with E-state index in [0.29, 0.717) is 44.2 Å². The lowest BCUT2D eigenvalue weighted by Gasteiger charge is -2.15. The lowest BCUT2D eigenvalue weighted by Crippen LogP contribution is -2.19. The minimum absolute atomic E-state index is 0.171. The van der Waals surface area contributed by atoms with Crippen LogP contribution in [0.25, 0.3) is 0 Å². The van der Waals surface area contributed by atoms with Crippen molar-refractivity contribution in [2.75, 3.05) is 52.4 Å². The second-order valence-corrected chi connectivity index (χ2v) is 8.27. The normalized spacial score (nSPS) is 15.0. The molecular weight excluding hydrogens is 408 g/mol. The van der Waals surface area contributed by atoms with Crippen molar-refractivity contribution in [3.8, 4) is 0 Å². The van der Waals surface area contributed by atoms with Crippen LogP contribution in [-0.4, -0.2) is 74.6 Å². The van der Waals surface area contributed by atoms with Gasteiger partial charge in [0.15, 0.2) is 6.29 Å². The molecule has 2 heterocycles. The monoisotopic (exact) mass is 440 g/mol. The molecule has 3 rings (SSSR count). The molecule has 0 saturated carbocycles. The highest BCUT2D eigenvalue weighted by Gasteiger charge is 2.27. The molecule has 1 amide bonds. The number of carbonyl (C=O) groups excluding carboxylic acids is 2. The average Bonchev–Trinajstić information content (AvgIpc) is 3.21. The van der Waals surface area contributed by atoms with Crippen LogP contribution in [0.2, 0.25) is 0 Å². The van der Waals surface area contributed by atoms with E-state index in [4.69, 9.17) is 9.47 Å². The van der Waals surface area contributed by atoms with E-state index >= 15 is 0 Å². The molecule has 0 bridgehead atoms. The average molecular weight is 441 g/mol. The van der Waals surface area contributed by atoms with Gasteiger partial charge in [0.1, 0.15) is 5.82 Å². The van der Waals surface area contributed by atoms with Crippen LogP contribution in [0.3, 0.4) is 0 Å². The molecule has 0 radical (unpaired) electrons. The van der Waals surface area contributed by atoms with Gasteiger partial charge in [0.25, 0.3) is 0 Å². The van der Waals surface area contributed by atoms with Gasteiger partial charge in [-0.05, 0) is 68.5 Å². The van der Waals surface area contributed by atoms with E-state index < -0.39 is 0 Å². The largest absolute Gasteiger partial charge is 0.379 e. The molecule has 1 unspecified atom stereocenters. The quantitative estimate of drug-likeness (QED) is 0.356. The summed E-state index contributed by atoms with van der Waals surface area (Å²) in [6.45, 7) is 3.48. The number of anilines is 1. The number of aldehydes is 1. The Bertz CT molecular complexity index is 904. The maximum atomic E-state index is 11.1. The Hall–Kier alpha value is -2.68. The van der Waals surface area contributed by atoms with Crippen molar-refractivity contribution in [1.82, 2.24) is 14.9 Å². The van der Waals surface area contributed by atoms with Gasteiger partial charge < -0.3 is 19.7 Å². The minimum Gasteiger partial charge on any atom is -0.379 e. The number of amides is 1. The molecule has 0 aliphatic heterocycles. The molecule has 0 spiro atoms. The zero-order chi connectivity index (χ0) is 22.8. The Balaban J connectivity index is 1.51. The number of aryl methyl sites for hydroxylation is 1. The Kier molecular flexibility index (Phi) is 9.27. The van der Waals surface area contributed by atoms with E-state index in [2.05, 4.69) is 26.3 Å². The number of aromatic nitrogens is 2. The third-order valence-corrected chi connectivity index (χ3v) is 5.54. The predicted molar refractivity (Wildman–Crippen MR) is 122 cm³/mol. The zero-order valence-corrected chi connectivity index (χ0v) is 18.9. The molecule has 2 aromatic rings. The van der Waals surface area contributed by atoms with E-state index in [0.717, 1.165) is 60.9 Å². The third-order valence-electron chi connectivity index (χ3n) is 5.54. The first-order valence-corrected chi connectivity index (χ1v) is 11.0. The second-order valence-electron chi connectivity index (χ2n) is 8.27. The molecule has 8 heteroatoms. The van der Waals surface area contributed by atoms with Crippen LogP contribution in [-0.2, 0) is 33.5 Å². The Morgan fingerprint density at radius 2 is 1.88 bits per heavy atom. The van der Waals surface area contributed by atoms with Crippen molar-refractivity contribution in [2.45, 2.75) is 31.6 Å². The van der Waals surface area contributed by atoms with E-state index in [1.807, 2.05) is 26.4 Å². The van der Waals surface area contributed by atoms with Crippen molar-refractivity contribution in [3.63, 3.8) is 0 Å². The van der Waals surface area contributed by atoms with Crippen molar-refractivity contribution in [2.24, 2.45) is 0 Å². The number of hydrogen-bond donors (Lipinski definition) is 1. The highest BCUT2D eigenvalue weighted by molar-refractivity contribution is 5.75. The molecule has 1 N–H and O–H groups in total. The summed E-state index contributed by atoms with van der Waals surface area (Å²) < 4.78 is 11.2. The number of nitrogens with one attached hydrogen (secondary N) is 1. The maximum absolute atomic E-state index is 11.1. The Labute approximate surface area is 189 Å². The Morgan fingerprint density at radius 1 is 1.06 bits per heavy atom. The molecule has 32 heavy (non-hydrogen) atoms. The number of pyridine rings is 2. The summed E-state index contributed by atoms with van der Waals surface area (Å²) in [5.74, 6) is 0.758. The van der Waals surface area contributed by atoms with Gasteiger partial charge in [-0.15, -0.1) is 0 Å². The summed E-state index contributed by atoms with van der Waals surface area (Å²) in [6.07, 6.45) is 8.17. The molecule has 8 nitrogen and oxygen atoms in total. The number of likely N-dealkylation sites (N-methyl/N-ethyl adjacent to an activating group) is 1. The fourth-order valence-corrected chi connectivity index (χ4v) is 3.87. The molecule has 1 aliphatic rings. The number of hydrogen-bond acceptors (Lipinski definition) is 7. The van der Waals surface area contributed by atoms with Crippen molar-refractivity contribution >= 4 is 18.5 Å². The first-order chi connectivity index (χ1) is 15.6. The zero-order valence-electron chi connectivity index (χ0n) is 18.9. The smallest absolute Gasteiger partial charge is 0.212 e. The van der Waals surface area contributed by atoms with Crippen molar-refractivity contribution in [1.29, 1.82) is 0 Å². The number of ether oxygens (including phenoxy) is 2. The summed E-state index contributed by atoms with van der Waals surface area (Å²) >= 11 is 0. The van der Waals surface area contributed by atoms with Gasteiger partial charge in [-0.25, -0.2) is 4.98 Å². The van der Waals surface area contributed by atoms with Crippen molar-refractivity contribution < 1.29 is 19.1 Å². The van der Waals surface area contributed by atoms with Gasteiger partial charge in [-0.3, -0.25) is 14.6 Å². The summed E-state index contributed by atoms with van der Waals surface area (Å²) in [6, 6.07) is 4.03. The fourth-order valence-electron chi connectivity index (χ4n) is 3.87. The van der Waals surface area contributed by atoms with Gasteiger partial charge in [0, 0.05) is 36.8 Å². The number of rotatable bonds is 14. The summed E-state index contributed by atoms with van der Waals surface area (Å²) in [4.78, 5) is 33.1. The van der Waals surface area contributed by atoms with Gasteiger partial charge in [-0.1, -0.05) is 6.07 Å². The van der Waals surface area contributed by atoms with Crippen molar-refractivity contribution in [3.05, 3.63) is 52.5 Å². The van der Waals surface area contributed by atoms with E-state index in [-0.39, 0.29) is 5.92 Å². The summed E-state index contributed by atoms with van der Waals surface area (Å²) in [7, 11) is 4.04. The molecule has 172 valence electrons. The number of nitrogens with zero attached hydrogens (tertiary/aromatic N) is 3. The Morgan fingerprint density at radius 3 is 2.62 bits per heavy atom. The fraction of sp³-hybridized carbons (Fsp3) is 0.500. The summed E-state index contributed by atoms with van der Waals surface area (Å²) in [5, 5.41) is 2.73. The topological polar surface area (TPSA) is 93.7 Å². The number of carbonyl (C=O) groups is 2. The van der Waals surface area contributed by atoms with Gasteiger partial charge in [0.2, 0.25) is 6.41 Å². The maximum Gasteiger partial charge on any atom is 0.212 e. The summed E-state index contributed by atoms with van der Waals surface area (Å²) in [5.41, 5.74) is 4.80. The van der Waals surface area contributed by atoms with E-state index in [9.17, 15) is 9.59 Å². The first-order valence-electron chi connectivity index (χ1n) is 11.0. The third kappa shape index (κ3) is 6.91. The first kappa shape index (κ1) is 24.0. The van der Waals surface area contributed by atoms with Crippen LogP contribution in [0.4, 0.5) is 5.82 Å². The SMILES string of the molecule is CN(C)CCOCCOCCCc1cnc(NC=O)c(C2Cc3cc(C=O)cnc3C2)c1. The van der Waals surface area contributed by atoms with Crippen LogP contribution in [0.15, 0.2) is 24.5 Å². The van der Waals surface area contributed by atoms with Crippen LogP contribution in [0, 0.1) is 0 Å². The molecule has 0 fully saturated rings. The van der Waals surface area contributed by atoms with Crippen LogP contribution in [0.5, 0.6) is 0 Å². The molecule has 1 aliphatic carbocycles. The van der Waals surface area contributed by atoms with Crippen LogP contribution < -0.4 is 5.32 Å². The lowest BCUT2D eigenvalue weighted by atomic mass is 9.94. The van der Waals surface area contributed by atoms with Gasteiger partial charge >= 0.3 is 0 Å². The predicted octanol–water partition coefficient (Wildman–Crippen LogP) is 2.27. The number of fused-ring (bicyclic) bond motifs is 1. The minimum atomic E-state index is 0.171. The standard InChI is InChI=1S/C24H32N4O4/c1-28(2)5-7-32-9-8-31-6-3-4-18-11-22(24(26-14-18)27-17-30)20-12-21-10-19(16-29)15-25-23(21)13-20/h10-11,14-17,20H,3-9,12-13H2,1-2H3,(H,26,27,30). The molecule has 2 aromatic heterocycles. The highest BCUT2D eigenvalue weighted by Crippen LogP contribution is 2.36. The van der Waals surface area contributed by atoms with Crippen LogP contribution >= 0.6 is 0 Å².